The molecule has 0 spiro atoms. The minimum Gasteiger partial charge on any atom is -0.496 e. The summed E-state index contributed by atoms with van der Waals surface area (Å²) >= 11 is 1.21. The Kier molecular flexibility index (Phi) is 8.26. The van der Waals surface area contributed by atoms with Crippen molar-refractivity contribution in [1.82, 2.24) is 4.57 Å². The van der Waals surface area contributed by atoms with E-state index >= 15 is 0 Å². The van der Waals surface area contributed by atoms with Gasteiger partial charge in [0.1, 0.15) is 11.8 Å². The number of esters is 2. The molecule has 2 heterocycles. The molecular formula is C32H30N2O7S. The number of allylic oxidation sites excluding steroid dienone is 1. The van der Waals surface area contributed by atoms with Crippen molar-refractivity contribution in [3.05, 3.63) is 96.7 Å². The van der Waals surface area contributed by atoms with Crippen molar-refractivity contribution < 1.29 is 28.5 Å². The van der Waals surface area contributed by atoms with E-state index in [0.29, 0.717) is 50.0 Å². The summed E-state index contributed by atoms with van der Waals surface area (Å²) in [7, 11) is 1.56. The number of carbonyl (C=O) groups excluding carboxylic acids is 2. The third kappa shape index (κ3) is 5.33. The van der Waals surface area contributed by atoms with E-state index in [-0.39, 0.29) is 17.7 Å². The van der Waals surface area contributed by atoms with Crippen LogP contribution in [0.2, 0.25) is 0 Å². The molecule has 3 aromatic carbocycles. The lowest BCUT2D eigenvalue weighted by Gasteiger charge is -2.27. The van der Waals surface area contributed by atoms with Crippen LogP contribution >= 0.6 is 11.3 Å². The van der Waals surface area contributed by atoms with Crippen molar-refractivity contribution in [2.24, 2.45) is 4.99 Å². The van der Waals surface area contributed by atoms with Crippen LogP contribution < -0.4 is 29.1 Å². The Morgan fingerprint density at radius 1 is 1.02 bits per heavy atom. The molecule has 10 heteroatoms. The average molecular weight is 587 g/mol. The van der Waals surface area contributed by atoms with Gasteiger partial charge >= 0.3 is 11.9 Å². The fraction of sp³-hybridized carbons (Fsp3) is 0.250. The number of ether oxygens (including phenoxy) is 4. The number of carbonyl (C=O) groups is 2. The van der Waals surface area contributed by atoms with Gasteiger partial charge in [0.2, 0.25) is 0 Å². The highest BCUT2D eigenvalue weighted by Crippen LogP contribution is 2.40. The zero-order valence-corrected chi connectivity index (χ0v) is 24.7. The number of fused-ring (bicyclic) bond motifs is 2. The van der Waals surface area contributed by atoms with Crippen LogP contribution in [0.4, 0.5) is 0 Å². The highest BCUT2D eigenvalue weighted by molar-refractivity contribution is 7.07. The number of methoxy groups -OCH3 is 1. The van der Waals surface area contributed by atoms with Gasteiger partial charge in [0.15, 0.2) is 16.3 Å². The fourth-order valence-electron chi connectivity index (χ4n) is 5.07. The van der Waals surface area contributed by atoms with Crippen molar-refractivity contribution in [3.8, 4) is 17.2 Å². The van der Waals surface area contributed by atoms with Gasteiger partial charge in [0.25, 0.3) is 5.56 Å². The van der Waals surface area contributed by atoms with Crippen LogP contribution in [0.5, 0.6) is 17.2 Å². The summed E-state index contributed by atoms with van der Waals surface area (Å²) in [5.41, 5.74) is 1.75. The molecule has 0 unspecified atom stereocenters. The molecule has 1 aliphatic rings. The summed E-state index contributed by atoms with van der Waals surface area (Å²) in [5.74, 6) is 0.199. The Hall–Kier alpha value is -4.70. The van der Waals surface area contributed by atoms with E-state index in [2.05, 4.69) is 4.99 Å². The monoisotopic (exact) mass is 586 g/mol. The van der Waals surface area contributed by atoms with Crippen LogP contribution in [0, 0.1) is 0 Å². The first-order chi connectivity index (χ1) is 20.3. The summed E-state index contributed by atoms with van der Waals surface area (Å²) < 4.78 is 24.1. The molecule has 4 aromatic rings. The molecule has 1 atom stereocenters. The maximum absolute atomic E-state index is 14.2. The van der Waals surface area contributed by atoms with Crippen molar-refractivity contribution >= 4 is 40.1 Å². The summed E-state index contributed by atoms with van der Waals surface area (Å²) in [6.07, 6.45) is 1.73. The lowest BCUT2D eigenvalue weighted by Crippen LogP contribution is -2.40. The predicted octanol–water partition coefficient (Wildman–Crippen LogP) is 4.28. The molecule has 0 N–H and O–H groups in total. The van der Waals surface area contributed by atoms with Crippen LogP contribution in [0.1, 0.15) is 44.9 Å². The van der Waals surface area contributed by atoms with Crippen molar-refractivity contribution in [1.29, 1.82) is 0 Å². The molecule has 1 aliphatic heterocycles. The van der Waals surface area contributed by atoms with Crippen LogP contribution in [0.3, 0.4) is 0 Å². The second-order valence-electron chi connectivity index (χ2n) is 9.44. The minimum absolute atomic E-state index is 0.172. The van der Waals surface area contributed by atoms with Crippen LogP contribution in [-0.4, -0.2) is 36.8 Å². The van der Waals surface area contributed by atoms with Crippen molar-refractivity contribution in [3.63, 3.8) is 0 Å². The minimum atomic E-state index is -0.839. The predicted molar refractivity (Wildman–Crippen MR) is 160 cm³/mol. The van der Waals surface area contributed by atoms with E-state index in [1.165, 1.54) is 22.8 Å². The van der Waals surface area contributed by atoms with E-state index < -0.39 is 18.0 Å². The largest absolute Gasteiger partial charge is 0.496 e. The van der Waals surface area contributed by atoms with Gasteiger partial charge in [-0.2, -0.15) is 0 Å². The van der Waals surface area contributed by atoms with Gasteiger partial charge in [-0.3, -0.25) is 14.2 Å². The summed E-state index contributed by atoms with van der Waals surface area (Å²) in [6, 6.07) is 15.8. The van der Waals surface area contributed by atoms with E-state index in [1.807, 2.05) is 43.3 Å². The zero-order valence-electron chi connectivity index (χ0n) is 23.9. The van der Waals surface area contributed by atoms with Crippen molar-refractivity contribution in [2.75, 3.05) is 20.3 Å². The standard InChI is InChI=1S/C32H30N2O7S/c1-6-39-25-16-20(12-14-23(25)41-19(4)35)17-26-30(36)34-29(27(31(37)40-7-2)18(3)33-32(34)42-26)28-22-11-9-8-10-21(22)13-15-24(28)38-5/h8-17,29H,6-7H2,1-5H3/b26-17-/t29-/m1/s1. The second-order valence-corrected chi connectivity index (χ2v) is 10.4. The Morgan fingerprint density at radius 2 is 1.79 bits per heavy atom. The molecule has 0 amide bonds. The normalized spacial score (nSPS) is 14.8. The van der Waals surface area contributed by atoms with Gasteiger partial charge in [-0.1, -0.05) is 47.7 Å². The number of benzene rings is 3. The topological polar surface area (TPSA) is 105 Å². The molecule has 0 radical (unpaired) electrons. The number of hydrogen-bond donors (Lipinski definition) is 0. The van der Waals surface area contributed by atoms with Crippen LogP contribution in [-0.2, 0) is 14.3 Å². The molecule has 0 saturated carbocycles. The first-order valence-electron chi connectivity index (χ1n) is 13.5. The molecule has 42 heavy (non-hydrogen) atoms. The van der Waals surface area contributed by atoms with Gasteiger partial charge in [0.05, 0.1) is 36.1 Å². The lowest BCUT2D eigenvalue weighted by molar-refractivity contribution is -0.139. The first-order valence-corrected chi connectivity index (χ1v) is 14.3. The highest BCUT2D eigenvalue weighted by Gasteiger charge is 2.36. The van der Waals surface area contributed by atoms with Gasteiger partial charge in [0, 0.05) is 12.5 Å². The molecule has 0 bridgehead atoms. The van der Waals surface area contributed by atoms with Gasteiger partial charge < -0.3 is 18.9 Å². The van der Waals surface area contributed by atoms with E-state index in [1.54, 1.807) is 45.2 Å². The first kappa shape index (κ1) is 28.8. The molecular weight excluding hydrogens is 556 g/mol. The Bertz CT molecular complexity index is 1920. The fourth-order valence-corrected chi connectivity index (χ4v) is 6.12. The summed E-state index contributed by atoms with van der Waals surface area (Å²) in [6.45, 7) is 7.16. The summed E-state index contributed by atoms with van der Waals surface area (Å²) in [5, 5.41) is 1.78. The summed E-state index contributed by atoms with van der Waals surface area (Å²) in [4.78, 5) is 44.2. The number of hydrogen-bond acceptors (Lipinski definition) is 9. The van der Waals surface area contributed by atoms with E-state index in [0.717, 1.165) is 10.8 Å². The Morgan fingerprint density at radius 3 is 2.50 bits per heavy atom. The molecule has 5 rings (SSSR count). The maximum atomic E-state index is 14.2. The molecule has 9 nitrogen and oxygen atoms in total. The third-order valence-corrected chi connectivity index (χ3v) is 7.74. The zero-order chi connectivity index (χ0) is 30.0. The number of thiazole rings is 1. The molecule has 0 aliphatic carbocycles. The number of rotatable bonds is 8. The van der Waals surface area contributed by atoms with Gasteiger partial charge in [-0.25, -0.2) is 9.79 Å². The highest BCUT2D eigenvalue weighted by atomic mass is 32.1. The molecule has 0 fully saturated rings. The number of nitrogens with zero attached hydrogens (tertiary/aromatic N) is 2. The lowest BCUT2D eigenvalue weighted by atomic mass is 9.90. The van der Waals surface area contributed by atoms with Crippen molar-refractivity contribution in [2.45, 2.75) is 33.7 Å². The van der Waals surface area contributed by atoms with E-state index in [4.69, 9.17) is 18.9 Å². The van der Waals surface area contributed by atoms with Crippen LogP contribution in [0.15, 0.2) is 75.7 Å². The molecule has 0 saturated heterocycles. The molecule has 1 aromatic heterocycles. The van der Waals surface area contributed by atoms with E-state index in [9.17, 15) is 14.4 Å². The molecule has 216 valence electrons. The van der Waals surface area contributed by atoms with Crippen LogP contribution in [0.25, 0.3) is 16.8 Å². The second kappa shape index (κ2) is 12.0. The smallest absolute Gasteiger partial charge is 0.338 e. The Balaban J connectivity index is 1.76. The Labute approximate surface area is 245 Å². The number of aromatic nitrogens is 1. The maximum Gasteiger partial charge on any atom is 0.338 e. The van der Waals surface area contributed by atoms with Gasteiger partial charge in [-0.05, 0) is 61.4 Å². The average Bonchev–Trinajstić information content (AvgIpc) is 3.27. The quantitative estimate of drug-likeness (QED) is 0.224. The van der Waals surface area contributed by atoms with Gasteiger partial charge in [-0.15, -0.1) is 0 Å². The third-order valence-electron chi connectivity index (χ3n) is 6.76. The SMILES string of the molecule is CCOC(=O)C1=C(C)N=c2s/c(=C\c3ccc(OC(C)=O)c(OCC)c3)c(=O)n2[C@H]1c1c(OC)ccc2ccccc12.